The van der Waals surface area contributed by atoms with Crippen molar-refractivity contribution in [2.24, 2.45) is 0 Å². The lowest BCUT2D eigenvalue weighted by Crippen LogP contribution is -2.29. The topological polar surface area (TPSA) is 79.7 Å². The SMILES string of the molecule is CC1Cc2cc(C(O)=C3C(=O)C(=O)N(c4nc5ccc(Cl)cc5s4)C3c3ccc(Cl)cc3)ccc2O1. The molecule has 36 heavy (non-hydrogen) atoms. The number of carbonyl (C=O) groups excluding carboxylic acids is 2. The van der Waals surface area contributed by atoms with Crippen molar-refractivity contribution >= 4 is 67.3 Å². The number of fused-ring (bicyclic) bond motifs is 2. The lowest BCUT2D eigenvalue weighted by molar-refractivity contribution is -0.132. The number of halogens is 2. The van der Waals surface area contributed by atoms with Crippen molar-refractivity contribution < 1.29 is 19.4 Å². The molecule has 1 amide bonds. The summed E-state index contributed by atoms with van der Waals surface area (Å²) < 4.78 is 6.54. The molecule has 0 bridgehead atoms. The number of rotatable bonds is 3. The Bertz CT molecular complexity index is 1600. The summed E-state index contributed by atoms with van der Waals surface area (Å²) >= 11 is 13.5. The molecule has 180 valence electrons. The van der Waals surface area contributed by atoms with Gasteiger partial charge in [0.15, 0.2) is 5.13 Å². The Balaban J connectivity index is 1.53. The number of anilines is 1. The van der Waals surface area contributed by atoms with Gasteiger partial charge in [-0.2, -0.15) is 0 Å². The van der Waals surface area contributed by atoms with Crippen LogP contribution in [-0.4, -0.2) is 27.9 Å². The summed E-state index contributed by atoms with van der Waals surface area (Å²) in [5, 5.41) is 12.8. The molecular formula is C27H18Cl2N2O4S. The fourth-order valence-electron chi connectivity index (χ4n) is 4.70. The van der Waals surface area contributed by atoms with Crippen LogP contribution < -0.4 is 9.64 Å². The molecule has 1 fully saturated rings. The van der Waals surface area contributed by atoms with Crippen LogP contribution in [0.4, 0.5) is 5.13 Å². The minimum absolute atomic E-state index is 0.00785. The maximum Gasteiger partial charge on any atom is 0.301 e. The van der Waals surface area contributed by atoms with E-state index in [1.165, 1.54) is 16.2 Å². The molecule has 0 aliphatic carbocycles. The van der Waals surface area contributed by atoms with Gasteiger partial charge in [-0.15, -0.1) is 0 Å². The highest BCUT2D eigenvalue weighted by Crippen LogP contribution is 2.45. The van der Waals surface area contributed by atoms with Gasteiger partial charge in [-0.1, -0.05) is 46.7 Å². The van der Waals surface area contributed by atoms with Crippen LogP contribution in [0.15, 0.2) is 66.2 Å². The number of benzene rings is 3. The Kier molecular flexibility index (Phi) is 5.52. The fourth-order valence-corrected chi connectivity index (χ4v) is 6.10. The number of ketones is 1. The minimum Gasteiger partial charge on any atom is -0.507 e. The molecule has 4 aromatic rings. The summed E-state index contributed by atoms with van der Waals surface area (Å²) in [6.45, 7) is 1.97. The quantitative estimate of drug-likeness (QED) is 0.182. The zero-order chi connectivity index (χ0) is 25.1. The van der Waals surface area contributed by atoms with Gasteiger partial charge < -0.3 is 9.84 Å². The molecule has 3 aromatic carbocycles. The highest BCUT2D eigenvalue weighted by Gasteiger charge is 2.48. The number of amides is 1. The maximum atomic E-state index is 13.4. The first-order valence-corrected chi connectivity index (χ1v) is 12.8. The van der Waals surface area contributed by atoms with Gasteiger partial charge in [0.05, 0.1) is 21.8 Å². The number of nitrogens with zero attached hydrogens (tertiary/aromatic N) is 2. The highest BCUT2D eigenvalue weighted by molar-refractivity contribution is 7.22. The molecule has 3 heterocycles. The summed E-state index contributed by atoms with van der Waals surface area (Å²) in [4.78, 5) is 32.8. The summed E-state index contributed by atoms with van der Waals surface area (Å²) in [5.74, 6) is -1.04. The van der Waals surface area contributed by atoms with E-state index < -0.39 is 17.7 Å². The van der Waals surface area contributed by atoms with Crippen LogP contribution in [0.3, 0.4) is 0 Å². The third-order valence-corrected chi connectivity index (χ3v) is 7.85. The van der Waals surface area contributed by atoms with E-state index in [-0.39, 0.29) is 17.4 Å². The molecule has 6 nitrogen and oxygen atoms in total. The van der Waals surface area contributed by atoms with Crippen molar-refractivity contribution in [2.45, 2.75) is 25.5 Å². The molecule has 2 atom stereocenters. The van der Waals surface area contributed by atoms with E-state index in [4.69, 9.17) is 27.9 Å². The first-order chi connectivity index (χ1) is 17.3. The zero-order valence-electron chi connectivity index (χ0n) is 18.9. The van der Waals surface area contributed by atoms with E-state index in [1.807, 2.05) is 6.92 Å². The predicted molar refractivity (Wildman–Crippen MR) is 141 cm³/mol. The van der Waals surface area contributed by atoms with Crippen LogP contribution in [0, 0.1) is 0 Å². The average molecular weight is 537 g/mol. The molecule has 1 saturated heterocycles. The maximum absolute atomic E-state index is 13.4. The molecule has 0 spiro atoms. The van der Waals surface area contributed by atoms with E-state index in [0.717, 1.165) is 16.0 Å². The number of aliphatic hydroxyl groups excluding tert-OH is 1. The lowest BCUT2D eigenvalue weighted by atomic mass is 9.94. The number of ether oxygens (including phenoxy) is 1. The standard InChI is InChI=1S/C27H18Cl2N2O4S/c1-13-10-16-11-15(4-9-20(16)35-13)24(32)22-23(14-2-5-17(28)6-3-14)31(26(34)25(22)33)27-30-19-8-7-18(29)12-21(19)36-27/h2-9,11-13,23,32H,10H2,1H3. The van der Waals surface area contributed by atoms with Gasteiger partial charge in [-0.05, 0) is 66.6 Å². The van der Waals surface area contributed by atoms with Gasteiger partial charge in [0, 0.05) is 22.0 Å². The number of aromatic nitrogens is 1. The molecule has 1 N–H and O–H groups in total. The first-order valence-electron chi connectivity index (χ1n) is 11.2. The predicted octanol–water partition coefficient (Wildman–Crippen LogP) is 6.55. The van der Waals surface area contributed by atoms with Gasteiger partial charge in [-0.3, -0.25) is 14.5 Å². The third kappa shape index (κ3) is 3.75. The summed E-state index contributed by atoms with van der Waals surface area (Å²) in [5.41, 5.74) is 2.65. The smallest absolute Gasteiger partial charge is 0.301 e. The van der Waals surface area contributed by atoms with Gasteiger partial charge in [0.1, 0.15) is 17.6 Å². The van der Waals surface area contributed by atoms with Crippen LogP contribution in [0.1, 0.15) is 29.7 Å². The van der Waals surface area contributed by atoms with Crippen LogP contribution >= 0.6 is 34.5 Å². The Labute approximate surface area is 220 Å². The van der Waals surface area contributed by atoms with E-state index in [1.54, 1.807) is 60.7 Å². The monoisotopic (exact) mass is 536 g/mol. The number of carbonyl (C=O) groups is 2. The Morgan fingerprint density at radius 2 is 1.81 bits per heavy atom. The first kappa shape index (κ1) is 23.0. The number of hydrogen-bond donors (Lipinski definition) is 1. The Morgan fingerprint density at radius 3 is 2.58 bits per heavy atom. The van der Waals surface area contributed by atoms with E-state index in [0.29, 0.717) is 38.2 Å². The molecule has 6 rings (SSSR count). The van der Waals surface area contributed by atoms with E-state index in [2.05, 4.69) is 4.98 Å². The second-order valence-corrected chi connectivity index (χ2v) is 10.7. The summed E-state index contributed by atoms with van der Waals surface area (Å²) in [7, 11) is 0. The summed E-state index contributed by atoms with van der Waals surface area (Å²) in [6, 6.07) is 16.5. The van der Waals surface area contributed by atoms with E-state index in [9.17, 15) is 14.7 Å². The molecule has 0 saturated carbocycles. The Morgan fingerprint density at radius 1 is 1.06 bits per heavy atom. The van der Waals surface area contributed by atoms with Crippen molar-refractivity contribution in [1.29, 1.82) is 0 Å². The molecule has 1 aromatic heterocycles. The minimum atomic E-state index is -0.887. The van der Waals surface area contributed by atoms with Crippen LogP contribution in [0.25, 0.3) is 16.0 Å². The number of hydrogen-bond acceptors (Lipinski definition) is 6. The van der Waals surface area contributed by atoms with Crippen molar-refractivity contribution in [3.8, 4) is 5.75 Å². The molecule has 0 radical (unpaired) electrons. The number of Topliss-reactive ketones (excluding diaryl/α,β-unsaturated/α-hetero) is 1. The normalized spacial score (nSPS) is 20.7. The van der Waals surface area contributed by atoms with Crippen molar-refractivity contribution in [2.75, 3.05) is 4.90 Å². The van der Waals surface area contributed by atoms with Gasteiger partial charge in [0.25, 0.3) is 5.78 Å². The van der Waals surface area contributed by atoms with Gasteiger partial charge in [-0.25, -0.2) is 4.98 Å². The van der Waals surface area contributed by atoms with Crippen LogP contribution in [0.2, 0.25) is 10.0 Å². The molecular weight excluding hydrogens is 519 g/mol. The van der Waals surface area contributed by atoms with Crippen LogP contribution in [0.5, 0.6) is 5.75 Å². The fraction of sp³-hybridized carbons (Fsp3) is 0.148. The lowest BCUT2D eigenvalue weighted by Gasteiger charge is -2.23. The second-order valence-electron chi connectivity index (χ2n) is 8.78. The number of aliphatic hydroxyl groups is 1. The Hall–Kier alpha value is -3.39. The summed E-state index contributed by atoms with van der Waals surface area (Å²) in [6.07, 6.45) is 0.726. The van der Waals surface area contributed by atoms with Gasteiger partial charge in [0.2, 0.25) is 0 Å². The highest BCUT2D eigenvalue weighted by atomic mass is 35.5. The molecule has 2 aliphatic heterocycles. The third-order valence-electron chi connectivity index (χ3n) is 6.34. The molecule has 2 aliphatic rings. The van der Waals surface area contributed by atoms with Crippen molar-refractivity contribution in [3.63, 3.8) is 0 Å². The average Bonchev–Trinajstić information content (AvgIpc) is 3.51. The number of thiazole rings is 1. The largest absolute Gasteiger partial charge is 0.507 e. The van der Waals surface area contributed by atoms with Crippen LogP contribution in [-0.2, 0) is 16.0 Å². The zero-order valence-corrected chi connectivity index (χ0v) is 21.2. The van der Waals surface area contributed by atoms with E-state index >= 15 is 0 Å². The van der Waals surface area contributed by atoms with Crippen molar-refractivity contribution in [1.82, 2.24) is 4.98 Å². The molecule has 9 heteroatoms. The van der Waals surface area contributed by atoms with Gasteiger partial charge >= 0.3 is 5.91 Å². The second kappa shape index (κ2) is 8.62. The van der Waals surface area contributed by atoms with Crippen molar-refractivity contribution in [3.05, 3.63) is 93.0 Å². The molecule has 2 unspecified atom stereocenters.